The minimum absolute atomic E-state index is 0.329. The van der Waals surface area contributed by atoms with E-state index in [1.165, 1.54) is 0 Å². The molecule has 0 aromatic heterocycles. The summed E-state index contributed by atoms with van der Waals surface area (Å²) in [7, 11) is 0. The number of halogens is 2. The second kappa shape index (κ2) is 7.36. The first kappa shape index (κ1) is 15.0. The third kappa shape index (κ3) is 4.95. The molecule has 0 saturated carbocycles. The Balaban J connectivity index is 2.69. The maximum absolute atomic E-state index is 9.15. The van der Waals surface area contributed by atoms with Gasteiger partial charge in [-0.1, -0.05) is 0 Å². The van der Waals surface area contributed by atoms with E-state index in [-0.39, 0.29) is 6.10 Å². The van der Waals surface area contributed by atoms with Crippen LogP contribution in [0, 0.1) is 0 Å². The maximum Gasteiger partial charge on any atom is 0.147 e. The summed E-state index contributed by atoms with van der Waals surface area (Å²) in [5.74, 6) is 0.826. The predicted octanol–water partition coefficient (Wildman–Crippen LogP) is 3.08. The molecule has 0 heterocycles. The number of nitrogens with one attached hydrogen (secondary N) is 1. The van der Waals surface area contributed by atoms with Crippen LogP contribution in [0.15, 0.2) is 21.1 Å². The Morgan fingerprint density at radius 1 is 1.35 bits per heavy atom. The first-order valence-electron chi connectivity index (χ1n) is 5.54. The van der Waals surface area contributed by atoms with Gasteiger partial charge in [-0.05, 0) is 63.4 Å². The highest BCUT2D eigenvalue weighted by Gasteiger charge is 2.08. The molecule has 1 unspecified atom stereocenters. The van der Waals surface area contributed by atoms with Crippen LogP contribution in [0.3, 0.4) is 0 Å². The molecule has 0 amide bonds. The Labute approximate surface area is 119 Å². The minimum Gasteiger partial charge on any atom is -0.492 e. The van der Waals surface area contributed by atoms with Gasteiger partial charge in [-0.3, -0.25) is 0 Å². The predicted molar refractivity (Wildman–Crippen MR) is 76.4 cm³/mol. The lowest BCUT2D eigenvalue weighted by molar-refractivity contribution is 0.191. The van der Waals surface area contributed by atoms with Gasteiger partial charge in [0.2, 0.25) is 0 Å². The molecule has 2 N–H and O–H groups in total. The second-order valence-corrected chi connectivity index (χ2v) is 5.51. The molecule has 1 rings (SSSR count). The van der Waals surface area contributed by atoms with Gasteiger partial charge >= 0.3 is 0 Å². The van der Waals surface area contributed by atoms with Crippen LogP contribution in [0.25, 0.3) is 0 Å². The summed E-state index contributed by atoms with van der Waals surface area (Å²) in [6.45, 7) is 5.65. The van der Waals surface area contributed by atoms with Gasteiger partial charge in [-0.2, -0.15) is 0 Å². The summed E-state index contributed by atoms with van der Waals surface area (Å²) < 4.78 is 7.38. The fraction of sp³-hybridized carbons (Fsp3) is 0.500. The lowest BCUT2D eigenvalue weighted by Crippen LogP contribution is -2.23. The summed E-state index contributed by atoms with van der Waals surface area (Å²) >= 11 is 6.98. The number of hydrogen-bond donors (Lipinski definition) is 2. The van der Waals surface area contributed by atoms with E-state index in [1.807, 2.05) is 19.1 Å². The molecule has 0 saturated heterocycles. The molecular formula is C12H17Br2NO2. The monoisotopic (exact) mass is 365 g/mol. The molecule has 3 nitrogen and oxygen atoms in total. The van der Waals surface area contributed by atoms with Crippen LogP contribution >= 0.6 is 31.9 Å². The molecule has 5 heteroatoms. The molecule has 0 radical (unpaired) electrons. The highest BCUT2D eigenvalue weighted by molar-refractivity contribution is 9.11. The Hall–Kier alpha value is -0.100. The van der Waals surface area contributed by atoms with Crippen LogP contribution in [0.2, 0.25) is 0 Å². The zero-order valence-corrected chi connectivity index (χ0v) is 13.1. The van der Waals surface area contributed by atoms with Crippen molar-refractivity contribution in [1.82, 2.24) is 5.32 Å². The fourth-order valence-corrected chi connectivity index (χ4v) is 2.93. The Morgan fingerprint density at radius 2 is 1.94 bits per heavy atom. The molecule has 17 heavy (non-hydrogen) atoms. The van der Waals surface area contributed by atoms with Crippen molar-refractivity contribution in [2.75, 3.05) is 13.2 Å². The van der Waals surface area contributed by atoms with E-state index < -0.39 is 0 Å². The maximum atomic E-state index is 9.15. The SMILES string of the molecule is CCOc1c(Br)cc(CNCC(C)O)cc1Br. The lowest BCUT2D eigenvalue weighted by atomic mass is 10.2. The Bertz CT molecular complexity index is 347. The average molecular weight is 367 g/mol. The number of hydrogen-bond acceptors (Lipinski definition) is 3. The van der Waals surface area contributed by atoms with Crippen molar-refractivity contribution in [2.45, 2.75) is 26.5 Å². The highest BCUT2D eigenvalue weighted by Crippen LogP contribution is 2.34. The Morgan fingerprint density at radius 3 is 2.41 bits per heavy atom. The molecule has 96 valence electrons. The van der Waals surface area contributed by atoms with Gasteiger partial charge in [0.1, 0.15) is 5.75 Å². The molecule has 0 fully saturated rings. The van der Waals surface area contributed by atoms with Crippen molar-refractivity contribution in [2.24, 2.45) is 0 Å². The average Bonchev–Trinajstić information content (AvgIpc) is 2.23. The third-order valence-electron chi connectivity index (χ3n) is 2.12. The summed E-state index contributed by atoms with van der Waals surface area (Å²) in [5.41, 5.74) is 1.13. The van der Waals surface area contributed by atoms with Crippen molar-refractivity contribution in [3.8, 4) is 5.75 Å². The molecule has 1 aromatic carbocycles. The number of aliphatic hydroxyl groups is 1. The van der Waals surface area contributed by atoms with Crippen molar-refractivity contribution in [1.29, 1.82) is 0 Å². The molecule has 1 atom stereocenters. The van der Waals surface area contributed by atoms with E-state index in [1.54, 1.807) is 6.92 Å². The van der Waals surface area contributed by atoms with Crippen LogP contribution in [0.5, 0.6) is 5.75 Å². The van der Waals surface area contributed by atoms with Crippen LogP contribution in [-0.2, 0) is 6.54 Å². The second-order valence-electron chi connectivity index (χ2n) is 3.80. The number of rotatable bonds is 6. The lowest BCUT2D eigenvalue weighted by Gasteiger charge is -2.12. The number of ether oxygens (including phenoxy) is 1. The first-order valence-corrected chi connectivity index (χ1v) is 7.12. The number of aliphatic hydroxyl groups excluding tert-OH is 1. The van der Waals surface area contributed by atoms with Gasteiger partial charge in [-0.15, -0.1) is 0 Å². The van der Waals surface area contributed by atoms with Gasteiger partial charge in [0.05, 0.1) is 21.7 Å². The summed E-state index contributed by atoms with van der Waals surface area (Å²) in [6, 6.07) is 4.04. The van der Waals surface area contributed by atoms with E-state index in [4.69, 9.17) is 9.84 Å². The standard InChI is InChI=1S/C12H17Br2NO2/c1-3-17-12-10(13)4-9(5-11(12)14)7-15-6-8(2)16/h4-5,8,15-16H,3,6-7H2,1-2H3. The van der Waals surface area contributed by atoms with E-state index >= 15 is 0 Å². The molecule has 0 aliphatic heterocycles. The van der Waals surface area contributed by atoms with Gasteiger partial charge in [0, 0.05) is 13.1 Å². The number of benzene rings is 1. The molecule has 0 bridgehead atoms. The summed E-state index contributed by atoms with van der Waals surface area (Å²) in [5, 5.41) is 12.3. The molecule has 0 aliphatic rings. The van der Waals surface area contributed by atoms with Gasteiger partial charge in [0.25, 0.3) is 0 Å². The van der Waals surface area contributed by atoms with Crippen molar-refractivity contribution in [3.05, 3.63) is 26.6 Å². The van der Waals surface area contributed by atoms with E-state index in [0.29, 0.717) is 19.7 Å². The topological polar surface area (TPSA) is 41.5 Å². The zero-order valence-electron chi connectivity index (χ0n) is 9.96. The molecular weight excluding hydrogens is 350 g/mol. The van der Waals surface area contributed by atoms with Crippen LogP contribution in [0.1, 0.15) is 19.4 Å². The van der Waals surface area contributed by atoms with Crippen LogP contribution < -0.4 is 10.1 Å². The quantitative estimate of drug-likeness (QED) is 0.812. The molecule has 0 spiro atoms. The van der Waals surface area contributed by atoms with Crippen LogP contribution in [-0.4, -0.2) is 24.4 Å². The molecule has 0 aliphatic carbocycles. The van der Waals surface area contributed by atoms with E-state index in [2.05, 4.69) is 37.2 Å². The summed E-state index contributed by atoms with van der Waals surface area (Å²) in [6.07, 6.45) is -0.329. The van der Waals surface area contributed by atoms with Gasteiger partial charge < -0.3 is 15.2 Å². The van der Waals surface area contributed by atoms with Crippen molar-refractivity contribution >= 4 is 31.9 Å². The zero-order chi connectivity index (χ0) is 12.8. The summed E-state index contributed by atoms with van der Waals surface area (Å²) in [4.78, 5) is 0. The smallest absolute Gasteiger partial charge is 0.147 e. The largest absolute Gasteiger partial charge is 0.492 e. The van der Waals surface area contributed by atoms with Crippen molar-refractivity contribution < 1.29 is 9.84 Å². The minimum atomic E-state index is -0.329. The van der Waals surface area contributed by atoms with Crippen LogP contribution in [0.4, 0.5) is 0 Å². The normalized spacial score (nSPS) is 12.5. The first-order chi connectivity index (χ1) is 8.04. The van der Waals surface area contributed by atoms with Crippen molar-refractivity contribution in [3.63, 3.8) is 0 Å². The Kier molecular flexibility index (Phi) is 6.48. The fourth-order valence-electron chi connectivity index (χ4n) is 1.42. The third-order valence-corrected chi connectivity index (χ3v) is 3.29. The highest BCUT2D eigenvalue weighted by atomic mass is 79.9. The molecule has 1 aromatic rings. The van der Waals surface area contributed by atoms with E-state index in [9.17, 15) is 0 Å². The van der Waals surface area contributed by atoms with E-state index in [0.717, 1.165) is 20.3 Å². The van der Waals surface area contributed by atoms with Gasteiger partial charge in [-0.25, -0.2) is 0 Å². The van der Waals surface area contributed by atoms with Gasteiger partial charge in [0.15, 0.2) is 0 Å².